The van der Waals surface area contributed by atoms with Crippen LogP contribution in [0.5, 0.6) is 0 Å². The normalized spacial score (nSPS) is 11.8. The Bertz CT molecular complexity index is 334. The summed E-state index contributed by atoms with van der Waals surface area (Å²) in [4.78, 5) is 21.7. The van der Waals surface area contributed by atoms with Crippen LogP contribution in [0.1, 0.15) is 18.6 Å². The minimum Gasteiger partial charge on any atom is -0.433 e. The van der Waals surface area contributed by atoms with E-state index in [0.717, 1.165) is 0 Å². The topological polar surface area (TPSA) is 69.4 Å². The second-order valence-corrected chi connectivity index (χ2v) is 2.84. The van der Waals surface area contributed by atoms with Gasteiger partial charge in [-0.15, -0.1) is 0 Å². The second-order valence-electron chi connectivity index (χ2n) is 2.84. The summed E-state index contributed by atoms with van der Waals surface area (Å²) in [6.45, 7) is 1.35. The van der Waals surface area contributed by atoms with Gasteiger partial charge in [-0.2, -0.15) is 0 Å². The molecule has 0 aliphatic heterocycles. The van der Waals surface area contributed by atoms with Gasteiger partial charge in [-0.3, -0.25) is 4.79 Å². The Morgan fingerprint density at radius 1 is 1.29 bits per heavy atom. The summed E-state index contributed by atoms with van der Waals surface area (Å²) in [6.07, 6.45) is -1.84. The molecule has 4 nitrogen and oxygen atoms in total. The number of hydrogen-bond donors (Lipinski definition) is 1. The van der Waals surface area contributed by atoms with E-state index in [0.29, 0.717) is 5.56 Å². The lowest BCUT2D eigenvalue weighted by atomic mass is 10.1. The molecule has 0 bridgehead atoms. The number of hydrogen-bond acceptors (Lipinski definition) is 3. The summed E-state index contributed by atoms with van der Waals surface area (Å²) in [5, 5.41) is 0. The largest absolute Gasteiger partial charge is 0.433 e. The van der Waals surface area contributed by atoms with E-state index in [1.165, 1.54) is 6.92 Å². The first-order valence-corrected chi connectivity index (χ1v) is 4.12. The van der Waals surface area contributed by atoms with E-state index in [1.54, 1.807) is 24.3 Å². The molecular formula is C10H11NO3. The molecule has 1 amide bonds. The Hall–Kier alpha value is -1.84. The molecule has 0 aliphatic carbocycles. The molecule has 0 radical (unpaired) electrons. The standard InChI is InChI=1S/C10H11NO3/c1-7(12)9(14-10(11)13)8-5-3-2-4-6-8/h2-6,9H,1H3,(H2,11,13). The highest BCUT2D eigenvalue weighted by Crippen LogP contribution is 2.17. The van der Waals surface area contributed by atoms with Crippen molar-refractivity contribution >= 4 is 11.9 Å². The maximum absolute atomic E-state index is 11.1. The highest BCUT2D eigenvalue weighted by molar-refractivity contribution is 5.84. The molecule has 0 heterocycles. The van der Waals surface area contributed by atoms with Crippen molar-refractivity contribution in [2.24, 2.45) is 5.73 Å². The summed E-state index contributed by atoms with van der Waals surface area (Å²) >= 11 is 0. The molecule has 1 unspecified atom stereocenters. The Morgan fingerprint density at radius 2 is 1.86 bits per heavy atom. The van der Waals surface area contributed by atoms with E-state index < -0.39 is 12.2 Å². The average molecular weight is 193 g/mol. The number of carbonyl (C=O) groups excluding carboxylic acids is 2. The molecule has 0 aromatic heterocycles. The Balaban J connectivity index is 2.89. The monoisotopic (exact) mass is 193 g/mol. The lowest BCUT2D eigenvalue weighted by Crippen LogP contribution is -2.21. The van der Waals surface area contributed by atoms with Crippen LogP contribution in [0.25, 0.3) is 0 Å². The molecule has 2 N–H and O–H groups in total. The Labute approximate surface area is 81.7 Å². The van der Waals surface area contributed by atoms with Crippen LogP contribution in [0.15, 0.2) is 30.3 Å². The fourth-order valence-electron chi connectivity index (χ4n) is 1.13. The molecule has 1 rings (SSSR count). The lowest BCUT2D eigenvalue weighted by Gasteiger charge is -2.13. The molecule has 4 heteroatoms. The van der Waals surface area contributed by atoms with Crippen molar-refractivity contribution in [2.75, 3.05) is 0 Å². The summed E-state index contributed by atoms with van der Waals surface area (Å²) in [7, 11) is 0. The van der Waals surface area contributed by atoms with Gasteiger partial charge < -0.3 is 10.5 Å². The zero-order chi connectivity index (χ0) is 10.6. The van der Waals surface area contributed by atoms with Gasteiger partial charge in [0.1, 0.15) is 0 Å². The van der Waals surface area contributed by atoms with Crippen LogP contribution in [-0.2, 0) is 9.53 Å². The first-order chi connectivity index (χ1) is 6.61. The predicted octanol–water partition coefficient (Wildman–Crippen LogP) is 1.41. The van der Waals surface area contributed by atoms with E-state index in [9.17, 15) is 9.59 Å². The highest BCUT2D eigenvalue weighted by Gasteiger charge is 2.19. The fourth-order valence-corrected chi connectivity index (χ4v) is 1.13. The average Bonchev–Trinajstić information content (AvgIpc) is 2.15. The molecule has 0 fully saturated rings. The van der Waals surface area contributed by atoms with Gasteiger partial charge in [-0.1, -0.05) is 30.3 Å². The lowest BCUT2D eigenvalue weighted by molar-refractivity contribution is -0.125. The third kappa shape index (κ3) is 2.58. The third-order valence-electron chi connectivity index (χ3n) is 1.71. The molecule has 14 heavy (non-hydrogen) atoms. The van der Waals surface area contributed by atoms with Crippen molar-refractivity contribution in [3.05, 3.63) is 35.9 Å². The van der Waals surface area contributed by atoms with Gasteiger partial charge in [0.05, 0.1) is 0 Å². The quantitative estimate of drug-likeness (QED) is 0.789. The molecule has 74 valence electrons. The highest BCUT2D eigenvalue weighted by atomic mass is 16.6. The summed E-state index contributed by atoms with van der Waals surface area (Å²) in [5.74, 6) is -0.255. The van der Waals surface area contributed by atoms with Crippen LogP contribution in [0.4, 0.5) is 4.79 Å². The van der Waals surface area contributed by atoms with Crippen molar-refractivity contribution in [1.29, 1.82) is 0 Å². The first kappa shape index (κ1) is 10.2. The van der Waals surface area contributed by atoms with Gasteiger partial charge in [-0.25, -0.2) is 4.79 Å². The van der Waals surface area contributed by atoms with Crippen LogP contribution >= 0.6 is 0 Å². The fraction of sp³-hybridized carbons (Fsp3) is 0.200. The molecule has 1 atom stereocenters. The minimum atomic E-state index is -0.950. The van der Waals surface area contributed by atoms with Crippen LogP contribution in [0.3, 0.4) is 0 Å². The van der Waals surface area contributed by atoms with E-state index in [-0.39, 0.29) is 5.78 Å². The molecule has 0 saturated carbocycles. The summed E-state index contributed by atoms with van der Waals surface area (Å²) in [5.41, 5.74) is 5.48. The zero-order valence-corrected chi connectivity index (χ0v) is 7.77. The molecular weight excluding hydrogens is 182 g/mol. The van der Waals surface area contributed by atoms with E-state index in [2.05, 4.69) is 4.74 Å². The number of benzene rings is 1. The SMILES string of the molecule is CC(=O)C(OC(N)=O)c1ccccc1. The number of amides is 1. The van der Waals surface area contributed by atoms with Crippen LogP contribution < -0.4 is 5.73 Å². The molecule has 0 spiro atoms. The van der Waals surface area contributed by atoms with Gasteiger partial charge in [0, 0.05) is 5.56 Å². The molecule has 1 aromatic carbocycles. The van der Waals surface area contributed by atoms with Gasteiger partial charge in [0.15, 0.2) is 11.9 Å². The minimum absolute atomic E-state index is 0.255. The van der Waals surface area contributed by atoms with Crippen molar-refractivity contribution < 1.29 is 14.3 Å². The van der Waals surface area contributed by atoms with Crippen LogP contribution in [0.2, 0.25) is 0 Å². The number of nitrogens with two attached hydrogens (primary N) is 1. The number of ketones is 1. The van der Waals surface area contributed by atoms with Crippen molar-refractivity contribution in [1.82, 2.24) is 0 Å². The van der Waals surface area contributed by atoms with Crippen molar-refractivity contribution in [3.63, 3.8) is 0 Å². The smallest absolute Gasteiger partial charge is 0.405 e. The second kappa shape index (κ2) is 4.41. The predicted molar refractivity (Wildman–Crippen MR) is 50.5 cm³/mol. The number of rotatable bonds is 3. The number of carbonyl (C=O) groups is 2. The first-order valence-electron chi connectivity index (χ1n) is 4.12. The molecule has 0 aliphatic rings. The maximum atomic E-state index is 11.1. The molecule has 0 saturated heterocycles. The van der Waals surface area contributed by atoms with E-state index >= 15 is 0 Å². The summed E-state index contributed by atoms with van der Waals surface area (Å²) in [6, 6.07) is 8.74. The number of ether oxygens (including phenoxy) is 1. The third-order valence-corrected chi connectivity index (χ3v) is 1.71. The van der Waals surface area contributed by atoms with Gasteiger partial charge in [-0.05, 0) is 6.92 Å². The molecule has 1 aromatic rings. The number of primary amides is 1. The van der Waals surface area contributed by atoms with Crippen LogP contribution in [-0.4, -0.2) is 11.9 Å². The van der Waals surface area contributed by atoms with Gasteiger partial charge >= 0.3 is 6.09 Å². The zero-order valence-electron chi connectivity index (χ0n) is 7.77. The van der Waals surface area contributed by atoms with Gasteiger partial charge in [0.2, 0.25) is 0 Å². The van der Waals surface area contributed by atoms with E-state index in [1.807, 2.05) is 6.07 Å². The Morgan fingerprint density at radius 3 is 2.29 bits per heavy atom. The Kier molecular flexibility index (Phi) is 3.23. The van der Waals surface area contributed by atoms with Crippen molar-refractivity contribution in [2.45, 2.75) is 13.0 Å². The van der Waals surface area contributed by atoms with Gasteiger partial charge in [0.25, 0.3) is 0 Å². The summed E-state index contributed by atoms with van der Waals surface area (Å²) < 4.78 is 4.69. The van der Waals surface area contributed by atoms with Crippen molar-refractivity contribution in [3.8, 4) is 0 Å². The maximum Gasteiger partial charge on any atom is 0.405 e. The van der Waals surface area contributed by atoms with E-state index in [4.69, 9.17) is 5.73 Å². The van der Waals surface area contributed by atoms with Crippen LogP contribution in [0, 0.1) is 0 Å². The number of Topliss-reactive ketones (excluding diaryl/α,β-unsaturated/α-hetero) is 1.